The highest BCUT2D eigenvalue weighted by Crippen LogP contribution is 2.30. The van der Waals surface area contributed by atoms with Crippen LogP contribution in [0.5, 0.6) is 5.75 Å². The lowest BCUT2D eigenvalue weighted by molar-refractivity contribution is 0.242. The predicted octanol–water partition coefficient (Wildman–Crippen LogP) is 3.70. The fraction of sp³-hybridized carbons (Fsp3) is 0.625. The Labute approximate surface area is 121 Å². The van der Waals surface area contributed by atoms with E-state index in [1.54, 1.807) is 0 Å². The van der Waals surface area contributed by atoms with Crippen LogP contribution in [0.4, 0.5) is 0 Å². The quantitative estimate of drug-likeness (QED) is 0.608. The largest absolute Gasteiger partial charge is 0.492 e. The average Bonchev–Trinajstić information content (AvgIpc) is 2.48. The van der Waals surface area contributed by atoms with Crippen molar-refractivity contribution in [2.75, 3.05) is 25.6 Å². The van der Waals surface area contributed by atoms with E-state index in [2.05, 4.69) is 5.32 Å². The number of rotatable bonds is 7. The third-order valence-electron chi connectivity index (χ3n) is 3.96. The summed E-state index contributed by atoms with van der Waals surface area (Å²) in [4.78, 5) is 0. The van der Waals surface area contributed by atoms with Gasteiger partial charge in [0.1, 0.15) is 12.4 Å². The lowest BCUT2D eigenvalue weighted by atomic mass is 9.80. The zero-order chi connectivity index (χ0) is 13.3. The number of para-hydroxylation sites is 1. The Morgan fingerprint density at radius 3 is 2.58 bits per heavy atom. The Kier molecular flexibility index (Phi) is 6.52. The van der Waals surface area contributed by atoms with E-state index in [-0.39, 0.29) is 0 Å². The molecule has 0 spiro atoms. The molecule has 1 fully saturated rings. The third kappa shape index (κ3) is 5.04. The smallest absolute Gasteiger partial charge is 0.119 e. The molecule has 1 aromatic rings. The standard InChI is InChI=1S/C16H24ClNO/c17-12-14-6-4-5-7-15(14)13-18-10-11-19-16-8-2-1-3-9-16/h1-3,8-9,14-15,18H,4-7,10-13H2. The molecule has 1 aliphatic carbocycles. The van der Waals surface area contributed by atoms with Gasteiger partial charge in [0.2, 0.25) is 0 Å². The van der Waals surface area contributed by atoms with Crippen molar-refractivity contribution in [1.82, 2.24) is 5.32 Å². The molecule has 106 valence electrons. The van der Waals surface area contributed by atoms with Crippen molar-refractivity contribution in [3.05, 3.63) is 30.3 Å². The second-order valence-electron chi connectivity index (χ2n) is 5.32. The SMILES string of the molecule is ClCC1CCCCC1CNCCOc1ccccc1. The monoisotopic (exact) mass is 281 g/mol. The van der Waals surface area contributed by atoms with Gasteiger partial charge in [-0.1, -0.05) is 31.0 Å². The minimum Gasteiger partial charge on any atom is -0.492 e. The van der Waals surface area contributed by atoms with Crippen LogP contribution in [-0.4, -0.2) is 25.6 Å². The van der Waals surface area contributed by atoms with E-state index < -0.39 is 0 Å². The molecule has 0 saturated heterocycles. The van der Waals surface area contributed by atoms with Gasteiger partial charge >= 0.3 is 0 Å². The molecule has 0 aromatic heterocycles. The average molecular weight is 282 g/mol. The van der Waals surface area contributed by atoms with Crippen molar-refractivity contribution in [3.63, 3.8) is 0 Å². The molecule has 19 heavy (non-hydrogen) atoms. The second kappa shape index (κ2) is 8.44. The number of nitrogens with one attached hydrogen (secondary N) is 1. The van der Waals surface area contributed by atoms with Crippen LogP contribution in [0.25, 0.3) is 0 Å². The van der Waals surface area contributed by atoms with Crippen LogP contribution >= 0.6 is 11.6 Å². The van der Waals surface area contributed by atoms with Gasteiger partial charge < -0.3 is 10.1 Å². The molecule has 2 atom stereocenters. The normalized spacial score (nSPS) is 23.2. The first-order chi connectivity index (χ1) is 9.40. The maximum atomic E-state index is 6.04. The molecule has 2 rings (SSSR count). The van der Waals surface area contributed by atoms with Crippen molar-refractivity contribution in [2.24, 2.45) is 11.8 Å². The fourth-order valence-electron chi connectivity index (χ4n) is 2.80. The zero-order valence-electron chi connectivity index (χ0n) is 11.5. The van der Waals surface area contributed by atoms with Gasteiger partial charge in [0, 0.05) is 12.4 Å². The number of hydrogen-bond donors (Lipinski definition) is 1. The molecule has 0 heterocycles. The number of halogens is 1. The highest BCUT2D eigenvalue weighted by Gasteiger charge is 2.23. The number of hydrogen-bond acceptors (Lipinski definition) is 2. The van der Waals surface area contributed by atoms with Gasteiger partial charge in [-0.15, -0.1) is 11.6 Å². The molecule has 1 aliphatic rings. The van der Waals surface area contributed by atoms with Crippen molar-refractivity contribution in [3.8, 4) is 5.75 Å². The summed E-state index contributed by atoms with van der Waals surface area (Å²) in [5, 5.41) is 3.51. The minimum atomic E-state index is 0.706. The first-order valence-corrected chi connectivity index (χ1v) is 7.88. The highest BCUT2D eigenvalue weighted by molar-refractivity contribution is 6.18. The summed E-state index contributed by atoms with van der Waals surface area (Å²) in [7, 11) is 0. The second-order valence-corrected chi connectivity index (χ2v) is 5.63. The van der Waals surface area contributed by atoms with Crippen LogP contribution in [0, 0.1) is 11.8 Å². The Morgan fingerprint density at radius 1 is 1.11 bits per heavy atom. The van der Waals surface area contributed by atoms with E-state index in [4.69, 9.17) is 16.3 Å². The van der Waals surface area contributed by atoms with E-state index in [0.29, 0.717) is 5.92 Å². The highest BCUT2D eigenvalue weighted by atomic mass is 35.5. The van der Waals surface area contributed by atoms with E-state index in [9.17, 15) is 0 Å². The van der Waals surface area contributed by atoms with Crippen LogP contribution in [0.3, 0.4) is 0 Å². The molecule has 0 radical (unpaired) electrons. The van der Waals surface area contributed by atoms with E-state index >= 15 is 0 Å². The van der Waals surface area contributed by atoms with E-state index in [0.717, 1.165) is 37.2 Å². The summed E-state index contributed by atoms with van der Waals surface area (Å²) in [6.45, 7) is 2.71. The molecule has 0 amide bonds. The summed E-state index contributed by atoms with van der Waals surface area (Å²) >= 11 is 6.04. The minimum absolute atomic E-state index is 0.706. The summed E-state index contributed by atoms with van der Waals surface area (Å²) in [5.41, 5.74) is 0. The van der Waals surface area contributed by atoms with Crippen molar-refractivity contribution in [2.45, 2.75) is 25.7 Å². The molecular weight excluding hydrogens is 258 g/mol. The van der Waals surface area contributed by atoms with Gasteiger partial charge in [0.15, 0.2) is 0 Å². The molecule has 0 bridgehead atoms. The Balaban J connectivity index is 1.58. The van der Waals surface area contributed by atoms with Gasteiger partial charge in [0.05, 0.1) is 0 Å². The summed E-state index contributed by atoms with van der Waals surface area (Å²) < 4.78 is 5.66. The summed E-state index contributed by atoms with van der Waals surface area (Å²) in [5.74, 6) is 3.22. The van der Waals surface area contributed by atoms with Gasteiger partial charge in [-0.3, -0.25) is 0 Å². The van der Waals surface area contributed by atoms with Gasteiger partial charge in [0.25, 0.3) is 0 Å². The van der Waals surface area contributed by atoms with Crippen LogP contribution in [0.2, 0.25) is 0 Å². The number of benzene rings is 1. The van der Waals surface area contributed by atoms with Crippen LogP contribution in [0.1, 0.15) is 25.7 Å². The van der Waals surface area contributed by atoms with Crippen molar-refractivity contribution < 1.29 is 4.74 Å². The molecule has 3 heteroatoms. The maximum absolute atomic E-state index is 6.04. The molecule has 2 nitrogen and oxygen atoms in total. The third-order valence-corrected chi connectivity index (χ3v) is 4.36. The summed E-state index contributed by atoms with van der Waals surface area (Å²) in [6, 6.07) is 9.97. The van der Waals surface area contributed by atoms with E-state index in [1.807, 2.05) is 30.3 Å². The topological polar surface area (TPSA) is 21.3 Å². The Hall–Kier alpha value is -0.730. The molecular formula is C16H24ClNO. The van der Waals surface area contributed by atoms with Gasteiger partial charge in [-0.2, -0.15) is 0 Å². The molecule has 1 saturated carbocycles. The maximum Gasteiger partial charge on any atom is 0.119 e. The Morgan fingerprint density at radius 2 is 1.84 bits per heavy atom. The van der Waals surface area contributed by atoms with Crippen LogP contribution in [-0.2, 0) is 0 Å². The molecule has 1 N–H and O–H groups in total. The fourth-order valence-corrected chi connectivity index (χ4v) is 3.21. The molecule has 2 unspecified atom stereocenters. The van der Waals surface area contributed by atoms with Crippen LogP contribution in [0.15, 0.2) is 30.3 Å². The lowest BCUT2D eigenvalue weighted by Crippen LogP contribution is -2.33. The number of ether oxygens (including phenoxy) is 1. The number of alkyl halides is 1. The Bertz CT molecular complexity index is 344. The van der Waals surface area contributed by atoms with Crippen molar-refractivity contribution in [1.29, 1.82) is 0 Å². The lowest BCUT2D eigenvalue weighted by Gasteiger charge is -2.30. The van der Waals surface area contributed by atoms with Gasteiger partial charge in [-0.25, -0.2) is 0 Å². The predicted molar refractivity (Wildman–Crippen MR) is 81.0 cm³/mol. The summed E-state index contributed by atoms with van der Waals surface area (Å²) in [6.07, 6.45) is 5.34. The first-order valence-electron chi connectivity index (χ1n) is 7.34. The van der Waals surface area contributed by atoms with E-state index in [1.165, 1.54) is 25.7 Å². The first kappa shape index (κ1) is 14.7. The van der Waals surface area contributed by atoms with Crippen LogP contribution < -0.4 is 10.1 Å². The van der Waals surface area contributed by atoms with Gasteiger partial charge in [-0.05, 0) is 43.4 Å². The molecule has 0 aliphatic heterocycles. The molecule has 1 aromatic carbocycles. The van der Waals surface area contributed by atoms with Crippen molar-refractivity contribution >= 4 is 11.6 Å². The zero-order valence-corrected chi connectivity index (χ0v) is 12.2.